The van der Waals surface area contributed by atoms with E-state index >= 15 is 0 Å². The lowest BCUT2D eigenvalue weighted by Gasteiger charge is -2.17. The largest absolute Gasteiger partial charge is 0.308 e. The molecule has 0 aliphatic carbocycles. The van der Waals surface area contributed by atoms with E-state index in [2.05, 4.69) is 72.9 Å². The predicted octanol–water partition coefficient (Wildman–Crippen LogP) is 3.35. The summed E-state index contributed by atoms with van der Waals surface area (Å²) in [4.78, 5) is 0. The van der Waals surface area contributed by atoms with Crippen molar-refractivity contribution < 1.29 is 0 Å². The van der Waals surface area contributed by atoms with Crippen LogP contribution in [0.3, 0.4) is 0 Å². The highest BCUT2D eigenvalue weighted by molar-refractivity contribution is 14.1. The normalized spacial score (nSPS) is 13.3. The monoisotopic (exact) mass is 289 g/mol. The lowest BCUT2D eigenvalue weighted by Crippen LogP contribution is -2.25. The molecule has 1 N–H and O–H groups in total. The first-order valence-electron chi connectivity index (χ1n) is 4.61. The Morgan fingerprint density at radius 1 is 1.08 bits per heavy atom. The standard InChI is InChI=1S/C11H16IN/c1-8(2)13-9(3)10-4-6-11(12)7-5-10/h4-9,13H,1-3H3. The molecule has 0 radical (unpaired) electrons. The van der Waals surface area contributed by atoms with Crippen molar-refractivity contribution in [1.82, 2.24) is 5.32 Å². The molecule has 2 heteroatoms. The van der Waals surface area contributed by atoms with Gasteiger partial charge in [-0.2, -0.15) is 0 Å². The van der Waals surface area contributed by atoms with Crippen molar-refractivity contribution in [3.8, 4) is 0 Å². The van der Waals surface area contributed by atoms with E-state index in [1.54, 1.807) is 0 Å². The van der Waals surface area contributed by atoms with Gasteiger partial charge in [0, 0.05) is 15.7 Å². The molecule has 0 saturated heterocycles. The fraction of sp³-hybridized carbons (Fsp3) is 0.455. The highest BCUT2D eigenvalue weighted by atomic mass is 127. The molecule has 1 aromatic carbocycles. The summed E-state index contributed by atoms with van der Waals surface area (Å²) in [5.74, 6) is 0. The summed E-state index contributed by atoms with van der Waals surface area (Å²) in [6.07, 6.45) is 0. The maximum absolute atomic E-state index is 3.48. The van der Waals surface area contributed by atoms with Crippen LogP contribution in [-0.2, 0) is 0 Å². The van der Waals surface area contributed by atoms with Crippen LogP contribution in [-0.4, -0.2) is 6.04 Å². The minimum absolute atomic E-state index is 0.442. The summed E-state index contributed by atoms with van der Waals surface area (Å²) in [6, 6.07) is 9.64. The minimum atomic E-state index is 0.442. The zero-order valence-electron chi connectivity index (χ0n) is 8.34. The first kappa shape index (κ1) is 11.0. The Hall–Kier alpha value is -0.0900. The molecular weight excluding hydrogens is 273 g/mol. The van der Waals surface area contributed by atoms with Crippen LogP contribution >= 0.6 is 22.6 Å². The number of nitrogens with one attached hydrogen (secondary N) is 1. The molecule has 0 fully saturated rings. The molecule has 72 valence electrons. The van der Waals surface area contributed by atoms with Crippen LogP contribution in [0, 0.1) is 3.57 Å². The molecule has 1 nitrogen and oxygen atoms in total. The van der Waals surface area contributed by atoms with E-state index in [-0.39, 0.29) is 0 Å². The van der Waals surface area contributed by atoms with Gasteiger partial charge in [0.15, 0.2) is 0 Å². The first-order chi connectivity index (χ1) is 6.09. The maximum atomic E-state index is 3.48. The Balaban J connectivity index is 2.66. The molecule has 0 spiro atoms. The summed E-state index contributed by atoms with van der Waals surface area (Å²) in [5, 5.41) is 3.48. The van der Waals surface area contributed by atoms with Crippen molar-refractivity contribution in [1.29, 1.82) is 0 Å². The van der Waals surface area contributed by atoms with Gasteiger partial charge in [-0.3, -0.25) is 0 Å². The van der Waals surface area contributed by atoms with Gasteiger partial charge >= 0.3 is 0 Å². The second kappa shape index (κ2) is 4.96. The molecule has 13 heavy (non-hydrogen) atoms. The molecule has 0 aromatic heterocycles. The van der Waals surface area contributed by atoms with Crippen molar-refractivity contribution in [3.05, 3.63) is 33.4 Å². The molecule has 1 aromatic rings. The van der Waals surface area contributed by atoms with E-state index in [4.69, 9.17) is 0 Å². The molecule has 1 rings (SSSR count). The van der Waals surface area contributed by atoms with Gasteiger partial charge in [-0.05, 0) is 47.2 Å². The van der Waals surface area contributed by atoms with E-state index < -0.39 is 0 Å². The number of hydrogen-bond acceptors (Lipinski definition) is 1. The van der Waals surface area contributed by atoms with Gasteiger partial charge in [-0.1, -0.05) is 26.0 Å². The van der Waals surface area contributed by atoms with Gasteiger partial charge in [0.05, 0.1) is 0 Å². The van der Waals surface area contributed by atoms with Gasteiger partial charge in [0.25, 0.3) is 0 Å². The lowest BCUT2D eigenvalue weighted by molar-refractivity contribution is 0.506. The molecular formula is C11H16IN. The van der Waals surface area contributed by atoms with Gasteiger partial charge < -0.3 is 5.32 Å². The Labute approximate surface area is 94.1 Å². The Kier molecular flexibility index (Phi) is 4.19. The van der Waals surface area contributed by atoms with Crippen LogP contribution in [0.4, 0.5) is 0 Å². The highest BCUT2D eigenvalue weighted by Gasteiger charge is 2.05. The average molecular weight is 289 g/mol. The fourth-order valence-corrected chi connectivity index (χ4v) is 1.71. The summed E-state index contributed by atoms with van der Waals surface area (Å²) >= 11 is 2.32. The van der Waals surface area contributed by atoms with E-state index in [9.17, 15) is 0 Å². The Bertz CT molecular complexity index is 253. The third kappa shape index (κ3) is 3.65. The summed E-state index contributed by atoms with van der Waals surface area (Å²) in [5.41, 5.74) is 1.36. The van der Waals surface area contributed by atoms with Crippen LogP contribution in [0.5, 0.6) is 0 Å². The zero-order chi connectivity index (χ0) is 9.84. The molecule has 0 amide bonds. The van der Waals surface area contributed by atoms with Crippen molar-refractivity contribution in [2.75, 3.05) is 0 Å². The van der Waals surface area contributed by atoms with Crippen molar-refractivity contribution in [3.63, 3.8) is 0 Å². The topological polar surface area (TPSA) is 12.0 Å². The molecule has 0 aliphatic heterocycles. The first-order valence-corrected chi connectivity index (χ1v) is 5.69. The molecule has 1 unspecified atom stereocenters. The van der Waals surface area contributed by atoms with Gasteiger partial charge in [-0.25, -0.2) is 0 Å². The zero-order valence-corrected chi connectivity index (χ0v) is 10.5. The molecule has 0 aliphatic rings. The SMILES string of the molecule is CC(C)NC(C)c1ccc(I)cc1. The maximum Gasteiger partial charge on any atom is 0.0294 e. The van der Waals surface area contributed by atoms with Gasteiger partial charge in [-0.15, -0.1) is 0 Å². The van der Waals surface area contributed by atoms with E-state index in [1.165, 1.54) is 9.13 Å². The smallest absolute Gasteiger partial charge is 0.0294 e. The lowest BCUT2D eigenvalue weighted by atomic mass is 10.1. The molecule has 0 heterocycles. The minimum Gasteiger partial charge on any atom is -0.308 e. The van der Waals surface area contributed by atoms with Crippen molar-refractivity contribution >= 4 is 22.6 Å². The average Bonchev–Trinajstić information content (AvgIpc) is 2.04. The summed E-state index contributed by atoms with van der Waals surface area (Å²) < 4.78 is 1.29. The molecule has 0 saturated carbocycles. The number of benzene rings is 1. The summed E-state index contributed by atoms with van der Waals surface area (Å²) in [6.45, 7) is 6.54. The Morgan fingerprint density at radius 3 is 2.08 bits per heavy atom. The quantitative estimate of drug-likeness (QED) is 0.841. The van der Waals surface area contributed by atoms with Crippen LogP contribution in [0.25, 0.3) is 0 Å². The number of hydrogen-bond donors (Lipinski definition) is 1. The third-order valence-electron chi connectivity index (χ3n) is 1.95. The fourth-order valence-electron chi connectivity index (χ4n) is 1.35. The van der Waals surface area contributed by atoms with Crippen LogP contribution in [0.1, 0.15) is 32.4 Å². The third-order valence-corrected chi connectivity index (χ3v) is 2.67. The van der Waals surface area contributed by atoms with E-state index in [0.29, 0.717) is 12.1 Å². The predicted molar refractivity (Wildman–Crippen MR) is 65.8 cm³/mol. The number of rotatable bonds is 3. The molecule has 1 atom stereocenters. The van der Waals surface area contributed by atoms with E-state index in [1.807, 2.05) is 0 Å². The van der Waals surface area contributed by atoms with Gasteiger partial charge in [0.1, 0.15) is 0 Å². The second-order valence-electron chi connectivity index (χ2n) is 3.59. The van der Waals surface area contributed by atoms with Crippen LogP contribution < -0.4 is 5.32 Å². The van der Waals surface area contributed by atoms with Crippen molar-refractivity contribution in [2.24, 2.45) is 0 Å². The number of halogens is 1. The van der Waals surface area contributed by atoms with Crippen LogP contribution in [0.15, 0.2) is 24.3 Å². The van der Waals surface area contributed by atoms with Gasteiger partial charge in [0.2, 0.25) is 0 Å². The van der Waals surface area contributed by atoms with E-state index in [0.717, 1.165) is 0 Å². The Morgan fingerprint density at radius 2 is 1.62 bits per heavy atom. The van der Waals surface area contributed by atoms with Crippen molar-refractivity contribution in [2.45, 2.75) is 32.9 Å². The summed E-state index contributed by atoms with van der Waals surface area (Å²) in [7, 11) is 0. The highest BCUT2D eigenvalue weighted by Crippen LogP contribution is 2.14. The second-order valence-corrected chi connectivity index (χ2v) is 4.84. The molecule has 0 bridgehead atoms. The van der Waals surface area contributed by atoms with Crippen LogP contribution in [0.2, 0.25) is 0 Å².